The molecule has 2 nitrogen and oxygen atoms in total. The SMILES string of the molecule is O=C1[C]=C2C=CC(=O)C=C2C=C1. The Morgan fingerprint density at radius 2 is 1.83 bits per heavy atom. The molecule has 0 bridgehead atoms. The standard InChI is InChI=1S/C10H5O2/c11-9-3-1-7-5-10(12)4-2-8(7)6-9/h1-5H. The summed E-state index contributed by atoms with van der Waals surface area (Å²) in [7, 11) is 0. The van der Waals surface area contributed by atoms with Crippen molar-refractivity contribution in [2.24, 2.45) is 0 Å². The molecule has 0 unspecified atom stereocenters. The molecule has 0 saturated carbocycles. The largest absolute Gasteiger partial charge is 0.290 e. The van der Waals surface area contributed by atoms with Crippen LogP contribution >= 0.6 is 0 Å². The average molecular weight is 157 g/mol. The van der Waals surface area contributed by atoms with Gasteiger partial charge in [0.25, 0.3) is 0 Å². The molecule has 0 aliphatic heterocycles. The van der Waals surface area contributed by atoms with E-state index in [0.29, 0.717) is 5.57 Å². The van der Waals surface area contributed by atoms with Gasteiger partial charge in [-0.15, -0.1) is 0 Å². The number of carbonyl (C=O) groups is 2. The predicted molar refractivity (Wildman–Crippen MR) is 43.1 cm³/mol. The van der Waals surface area contributed by atoms with Gasteiger partial charge in [0.15, 0.2) is 11.6 Å². The molecule has 0 atom stereocenters. The molecule has 2 aliphatic rings. The molecule has 0 spiro atoms. The maximum atomic E-state index is 10.9. The molecule has 0 heterocycles. The van der Waals surface area contributed by atoms with E-state index in [-0.39, 0.29) is 11.6 Å². The maximum Gasteiger partial charge on any atom is 0.187 e. The van der Waals surface area contributed by atoms with Crippen LogP contribution in [0.2, 0.25) is 0 Å². The van der Waals surface area contributed by atoms with E-state index in [4.69, 9.17) is 0 Å². The lowest BCUT2D eigenvalue weighted by Gasteiger charge is -2.09. The van der Waals surface area contributed by atoms with Crippen LogP contribution in [0.3, 0.4) is 0 Å². The first-order chi connectivity index (χ1) is 5.75. The second kappa shape index (κ2) is 2.41. The summed E-state index contributed by atoms with van der Waals surface area (Å²) in [5.74, 6) is -0.198. The predicted octanol–water partition coefficient (Wildman–Crippen LogP) is 0.920. The van der Waals surface area contributed by atoms with Gasteiger partial charge < -0.3 is 0 Å². The summed E-state index contributed by atoms with van der Waals surface area (Å²) in [5, 5.41) is 0. The zero-order valence-electron chi connectivity index (χ0n) is 6.20. The molecular formula is C10H5O2. The molecule has 2 rings (SSSR count). The van der Waals surface area contributed by atoms with Crippen molar-refractivity contribution < 1.29 is 9.59 Å². The first kappa shape index (κ1) is 6.98. The first-order valence-corrected chi connectivity index (χ1v) is 3.56. The summed E-state index contributed by atoms with van der Waals surface area (Å²) in [4.78, 5) is 21.7. The smallest absolute Gasteiger partial charge is 0.187 e. The van der Waals surface area contributed by atoms with Crippen molar-refractivity contribution in [3.63, 3.8) is 0 Å². The number of ketones is 2. The van der Waals surface area contributed by atoms with E-state index in [9.17, 15) is 9.59 Å². The molecule has 2 heteroatoms. The van der Waals surface area contributed by atoms with Crippen LogP contribution in [0.4, 0.5) is 0 Å². The summed E-state index contributed by atoms with van der Waals surface area (Å²) >= 11 is 0. The second-order valence-corrected chi connectivity index (χ2v) is 2.57. The fourth-order valence-corrected chi connectivity index (χ4v) is 1.13. The van der Waals surface area contributed by atoms with Crippen molar-refractivity contribution in [1.29, 1.82) is 0 Å². The van der Waals surface area contributed by atoms with E-state index in [1.807, 2.05) is 0 Å². The van der Waals surface area contributed by atoms with Gasteiger partial charge in [-0.1, -0.05) is 6.08 Å². The third-order valence-corrected chi connectivity index (χ3v) is 1.70. The molecular weight excluding hydrogens is 152 g/mol. The summed E-state index contributed by atoms with van der Waals surface area (Å²) in [5.41, 5.74) is 1.46. The van der Waals surface area contributed by atoms with Gasteiger partial charge in [0.1, 0.15) is 0 Å². The number of hydrogen-bond donors (Lipinski definition) is 0. The summed E-state index contributed by atoms with van der Waals surface area (Å²) in [6.45, 7) is 0. The molecule has 0 saturated heterocycles. The van der Waals surface area contributed by atoms with E-state index < -0.39 is 0 Å². The fraction of sp³-hybridized carbons (Fsp3) is 0. The van der Waals surface area contributed by atoms with Gasteiger partial charge in [-0.05, 0) is 35.5 Å². The van der Waals surface area contributed by atoms with Gasteiger partial charge in [0, 0.05) is 6.08 Å². The molecule has 0 aromatic rings. The molecule has 0 amide bonds. The van der Waals surface area contributed by atoms with E-state index in [1.54, 1.807) is 12.2 Å². The highest BCUT2D eigenvalue weighted by Crippen LogP contribution is 2.20. The topological polar surface area (TPSA) is 34.1 Å². The number of rotatable bonds is 0. The van der Waals surface area contributed by atoms with E-state index in [1.165, 1.54) is 18.2 Å². The Morgan fingerprint density at radius 3 is 2.67 bits per heavy atom. The highest BCUT2D eigenvalue weighted by molar-refractivity contribution is 6.06. The molecule has 2 aliphatic carbocycles. The normalized spacial score (nSPS) is 20.3. The Kier molecular flexibility index (Phi) is 1.40. The van der Waals surface area contributed by atoms with Gasteiger partial charge in [0.2, 0.25) is 0 Å². The molecule has 12 heavy (non-hydrogen) atoms. The van der Waals surface area contributed by atoms with E-state index in [0.717, 1.165) is 5.57 Å². The first-order valence-electron chi connectivity index (χ1n) is 3.56. The Balaban J connectivity index is 2.48. The monoisotopic (exact) mass is 157 g/mol. The highest BCUT2D eigenvalue weighted by atomic mass is 16.1. The van der Waals surface area contributed by atoms with Crippen molar-refractivity contribution in [2.75, 3.05) is 0 Å². The van der Waals surface area contributed by atoms with Crippen molar-refractivity contribution in [1.82, 2.24) is 0 Å². The van der Waals surface area contributed by atoms with Crippen LogP contribution in [0.15, 0.2) is 41.5 Å². The molecule has 1 radical (unpaired) electrons. The number of allylic oxidation sites excluding steroid dienone is 8. The van der Waals surface area contributed by atoms with Crippen molar-refractivity contribution in [3.05, 3.63) is 47.6 Å². The lowest BCUT2D eigenvalue weighted by atomic mass is 9.94. The fourth-order valence-electron chi connectivity index (χ4n) is 1.13. The zero-order chi connectivity index (χ0) is 8.55. The zero-order valence-corrected chi connectivity index (χ0v) is 6.20. The summed E-state index contributed by atoms with van der Waals surface area (Å²) < 4.78 is 0. The van der Waals surface area contributed by atoms with Crippen LogP contribution in [0.5, 0.6) is 0 Å². The molecule has 0 N–H and O–H groups in total. The minimum absolute atomic E-state index is 0.0467. The van der Waals surface area contributed by atoms with E-state index >= 15 is 0 Å². The Morgan fingerprint density at radius 1 is 1.00 bits per heavy atom. The minimum atomic E-state index is -0.152. The lowest BCUT2D eigenvalue weighted by Crippen LogP contribution is -2.04. The Labute approximate surface area is 69.6 Å². The third kappa shape index (κ3) is 1.07. The Bertz CT molecular complexity index is 341. The molecule has 0 aromatic heterocycles. The number of fused-ring (bicyclic) bond motifs is 1. The summed E-state index contributed by atoms with van der Waals surface area (Å²) in [6, 6.07) is 0. The van der Waals surface area contributed by atoms with Crippen molar-refractivity contribution in [3.8, 4) is 0 Å². The molecule has 0 aromatic carbocycles. The second-order valence-electron chi connectivity index (χ2n) is 2.57. The number of carbonyl (C=O) groups excluding carboxylic acids is 2. The van der Waals surface area contributed by atoms with Crippen LogP contribution < -0.4 is 0 Å². The Hall–Kier alpha value is -1.70. The molecule has 0 fully saturated rings. The van der Waals surface area contributed by atoms with Gasteiger partial charge >= 0.3 is 0 Å². The van der Waals surface area contributed by atoms with Crippen LogP contribution in [-0.4, -0.2) is 11.6 Å². The molecule has 57 valence electrons. The summed E-state index contributed by atoms with van der Waals surface area (Å²) in [6.07, 6.45) is 10.2. The third-order valence-electron chi connectivity index (χ3n) is 1.70. The number of hydrogen-bond acceptors (Lipinski definition) is 2. The highest BCUT2D eigenvalue weighted by Gasteiger charge is 2.12. The van der Waals surface area contributed by atoms with Gasteiger partial charge in [-0.25, -0.2) is 0 Å². The van der Waals surface area contributed by atoms with E-state index in [2.05, 4.69) is 6.08 Å². The van der Waals surface area contributed by atoms with Crippen LogP contribution in [0.25, 0.3) is 0 Å². The van der Waals surface area contributed by atoms with Gasteiger partial charge in [0.05, 0.1) is 0 Å². The minimum Gasteiger partial charge on any atom is -0.290 e. The average Bonchev–Trinajstić information content (AvgIpc) is 2.05. The maximum absolute atomic E-state index is 10.9. The van der Waals surface area contributed by atoms with Crippen LogP contribution in [-0.2, 0) is 9.59 Å². The van der Waals surface area contributed by atoms with Crippen molar-refractivity contribution in [2.45, 2.75) is 0 Å². The lowest BCUT2D eigenvalue weighted by molar-refractivity contribution is -0.111. The van der Waals surface area contributed by atoms with Crippen LogP contribution in [0.1, 0.15) is 0 Å². The van der Waals surface area contributed by atoms with Crippen LogP contribution in [0, 0.1) is 6.08 Å². The van der Waals surface area contributed by atoms with Gasteiger partial charge in [-0.3, -0.25) is 9.59 Å². The quantitative estimate of drug-likeness (QED) is 0.524. The van der Waals surface area contributed by atoms with Crippen molar-refractivity contribution >= 4 is 11.6 Å². The van der Waals surface area contributed by atoms with Gasteiger partial charge in [-0.2, -0.15) is 0 Å².